The number of thioether (sulfide) groups is 1. The third-order valence-corrected chi connectivity index (χ3v) is 6.32. The molecule has 3 aromatic carbocycles. The SMILES string of the molecule is Cc1cc2nnc(SC(C)C(=O)Nc3cccc4ccccc34)n2c2ccccc12. The number of carbonyl (C=O) groups excluding carboxylic acids is 1. The lowest BCUT2D eigenvalue weighted by Crippen LogP contribution is -2.22. The molecule has 0 fully saturated rings. The Hall–Kier alpha value is -3.38. The third-order valence-electron chi connectivity index (χ3n) is 5.27. The number of amides is 1. The standard InChI is InChI=1S/C24H20N4OS/c1-15-14-22-26-27-24(28(22)21-13-6-5-10-18(15)21)30-16(2)23(29)25-20-12-7-9-17-8-3-4-11-19(17)20/h3-14,16H,1-2H3,(H,25,29). The van der Waals surface area contributed by atoms with Crippen LogP contribution in [0.5, 0.6) is 0 Å². The third kappa shape index (κ3) is 3.19. The Morgan fingerprint density at radius 2 is 1.70 bits per heavy atom. The lowest BCUT2D eigenvalue weighted by atomic mass is 10.1. The van der Waals surface area contributed by atoms with Crippen LogP contribution >= 0.6 is 11.8 Å². The molecular formula is C24H20N4OS. The topological polar surface area (TPSA) is 59.3 Å². The Morgan fingerprint density at radius 3 is 2.57 bits per heavy atom. The predicted octanol–water partition coefficient (Wildman–Crippen LogP) is 5.46. The summed E-state index contributed by atoms with van der Waals surface area (Å²) in [5.74, 6) is -0.0653. The number of nitrogens with one attached hydrogen (secondary N) is 1. The average molecular weight is 413 g/mol. The Labute approximate surface area is 178 Å². The Morgan fingerprint density at radius 1 is 0.967 bits per heavy atom. The van der Waals surface area contributed by atoms with Gasteiger partial charge in [-0.1, -0.05) is 66.4 Å². The van der Waals surface area contributed by atoms with Gasteiger partial charge in [0.25, 0.3) is 0 Å². The monoisotopic (exact) mass is 412 g/mol. The molecule has 6 heteroatoms. The fourth-order valence-electron chi connectivity index (χ4n) is 3.73. The van der Waals surface area contributed by atoms with Gasteiger partial charge in [-0.3, -0.25) is 9.20 Å². The molecule has 30 heavy (non-hydrogen) atoms. The normalized spacial score (nSPS) is 12.5. The largest absolute Gasteiger partial charge is 0.325 e. The Balaban J connectivity index is 1.45. The van der Waals surface area contributed by atoms with Gasteiger partial charge in [-0.2, -0.15) is 0 Å². The number of fused-ring (bicyclic) bond motifs is 4. The first-order valence-electron chi connectivity index (χ1n) is 9.80. The van der Waals surface area contributed by atoms with E-state index in [1.54, 1.807) is 0 Å². The number of rotatable bonds is 4. The zero-order valence-electron chi connectivity index (χ0n) is 16.7. The van der Waals surface area contributed by atoms with Gasteiger partial charge in [-0.25, -0.2) is 0 Å². The van der Waals surface area contributed by atoms with E-state index in [9.17, 15) is 4.79 Å². The van der Waals surface area contributed by atoms with Gasteiger partial charge < -0.3 is 5.32 Å². The lowest BCUT2D eigenvalue weighted by Gasteiger charge is -2.13. The first-order chi connectivity index (χ1) is 14.6. The van der Waals surface area contributed by atoms with Crippen molar-refractivity contribution in [2.75, 3.05) is 5.32 Å². The van der Waals surface area contributed by atoms with E-state index in [1.807, 2.05) is 72.0 Å². The molecule has 0 aliphatic heterocycles. The number of hydrogen-bond acceptors (Lipinski definition) is 4. The van der Waals surface area contributed by atoms with E-state index in [4.69, 9.17) is 0 Å². The summed E-state index contributed by atoms with van der Waals surface area (Å²) in [6.45, 7) is 3.96. The second-order valence-electron chi connectivity index (χ2n) is 7.30. The molecule has 2 aromatic heterocycles. The van der Waals surface area contributed by atoms with Crippen LogP contribution < -0.4 is 5.32 Å². The Bertz CT molecular complexity index is 1400. The molecule has 2 heterocycles. The minimum atomic E-state index is -0.337. The van der Waals surface area contributed by atoms with Gasteiger partial charge in [0, 0.05) is 16.5 Å². The van der Waals surface area contributed by atoms with E-state index in [0.29, 0.717) is 5.16 Å². The average Bonchev–Trinajstić information content (AvgIpc) is 3.16. The maximum atomic E-state index is 12.9. The van der Waals surface area contributed by atoms with E-state index in [1.165, 1.54) is 11.8 Å². The van der Waals surface area contributed by atoms with E-state index in [2.05, 4.69) is 34.6 Å². The highest BCUT2D eigenvalue weighted by atomic mass is 32.2. The maximum absolute atomic E-state index is 12.9. The highest BCUT2D eigenvalue weighted by molar-refractivity contribution is 8.00. The van der Waals surface area contributed by atoms with Crippen molar-refractivity contribution in [3.63, 3.8) is 0 Å². The summed E-state index contributed by atoms with van der Waals surface area (Å²) in [6.07, 6.45) is 0. The summed E-state index contributed by atoms with van der Waals surface area (Å²) < 4.78 is 2.02. The smallest absolute Gasteiger partial charge is 0.237 e. The Kier molecular flexibility index (Phi) is 4.64. The molecular weight excluding hydrogens is 392 g/mol. The van der Waals surface area contributed by atoms with Crippen LogP contribution in [0.4, 0.5) is 5.69 Å². The van der Waals surface area contributed by atoms with Gasteiger partial charge in [0.1, 0.15) is 0 Å². The molecule has 1 N–H and O–H groups in total. The number of benzene rings is 3. The summed E-state index contributed by atoms with van der Waals surface area (Å²) in [4.78, 5) is 12.9. The molecule has 0 aliphatic rings. The molecule has 1 amide bonds. The highest BCUT2D eigenvalue weighted by Crippen LogP contribution is 2.29. The number of aromatic nitrogens is 3. The van der Waals surface area contributed by atoms with Crippen molar-refractivity contribution in [1.29, 1.82) is 0 Å². The number of para-hydroxylation sites is 1. The van der Waals surface area contributed by atoms with Crippen molar-refractivity contribution in [2.24, 2.45) is 0 Å². The second-order valence-corrected chi connectivity index (χ2v) is 8.60. The molecule has 0 bridgehead atoms. The molecule has 0 saturated heterocycles. The van der Waals surface area contributed by atoms with Gasteiger partial charge in [-0.05, 0) is 43.0 Å². The summed E-state index contributed by atoms with van der Waals surface area (Å²) >= 11 is 1.41. The fraction of sp³-hybridized carbons (Fsp3) is 0.125. The first kappa shape index (κ1) is 18.6. The number of nitrogens with zero attached hydrogens (tertiary/aromatic N) is 3. The summed E-state index contributed by atoms with van der Waals surface area (Å²) in [5.41, 5.74) is 3.80. The zero-order valence-corrected chi connectivity index (χ0v) is 17.5. The quantitative estimate of drug-likeness (QED) is 0.398. The van der Waals surface area contributed by atoms with Crippen molar-refractivity contribution in [3.8, 4) is 0 Å². The molecule has 0 saturated carbocycles. The summed E-state index contributed by atoms with van der Waals surface area (Å²) in [7, 11) is 0. The van der Waals surface area contributed by atoms with Crippen molar-refractivity contribution in [2.45, 2.75) is 24.3 Å². The number of pyridine rings is 1. The zero-order chi connectivity index (χ0) is 20.7. The first-order valence-corrected chi connectivity index (χ1v) is 10.7. The van der Waals surface area contributed by atoms with Crippen LogP contribution in [0.2, 0.25) is 0 Å². The van der Waals surface area contributed by atoms with Crippen LogP contribution in [0.15, 0.2) is 78.0 Å². The molecule has 5 aromatic rings. The van der Waals surface area contributed by atoms with Crippen LogP contribution in [-0.4, -0.2) is 25.8 Å². The van der Waals surface area contributed by atoms with Crippen molar-refractivity contribution < 1.29 is 4.79 Å². The summed E-state index contributed by atoms with van der Waals surface area (Å²) in [6, 6.07) is 24.2. The number of carbonyl (C=O) groups is 1. The van der Waals surface area contributed by atoms with Crippen molar-refractivity contribution in [1.82, 2.24) is 14.6 Å². The van der Waals surface area contributed by atoms with E-state index in [-0.39, 0.29) is 11.2 Å². The predicted molar refractivity (Wildman–Crippen MR) is 123 cm³/mol. The van der Waals surface area contributed by atoms with Crippen LogP contribution in [0.1, 0.15) is 12.5 Å². The molecule has 1 atom stereocenters. The van der Waals surface area contributed by atoms with Gasteiger partial charge in [-0.15, -0.1) is 10.2 Å². The number of hydrogen-bond donors (Lipinski definition) is 1. The van der Waals surface area contributed by atoms with Gasteiger partial charge >= 0.3 is 0 Å². The maximum Gasteiger partial charge on any atom is 0.237 e. The van der Waals surface area contributed by atoms with E-state index < -0.39 is 0 Å². The van der Waals surface area contributed by atoms with Crippen LogP contribution in [0, 0.1) is 6.92 Å². The molecule has 0 aliphatic carbocycles. The van der Waals surface area contributed by atoms with Crippen molar-refractivity contribution >= 4 is 50.7 Å². The van der Waals surface area contributed by atoms with Crippen LogP contribution in [0.3, 0.4) is 0 Å². The van der Waals surface area contributed by atoms with Crippen LogP contribution in [-0.2, 0) is 4.79 Å². The molecule has 148 valence electrons. The minimum Gasteiger partial charge on any atom is -0.325 e. The van der Waals surface area contributed by atoms with Crippen LogP contribution in [0.25, 0.3) is 27.3 Å². The van der Waals surface area contributed by atoms with Gasteiger partial charge in [0.15, 0.2) is 10.8 Å². The van der Waals surface area contributed by atoms with Crippen molar-refractivity contribution in [3.05, 3.63) is 78.4 Å². The van der Waals surface area contributed by atoms with Gasteiger partial charge in [0.05, 0.1) is 10.8 Å². The molecule has 5 nitrogen and oxygen atoms in total. The lowest BCUT2D eigenvalue weighted by molar-refractivity contribution is -0.115. The van der Waals surface area contributed by atoms with E-state index in [0.717, 1.165) is 38.6 Å². The fourth-order valence-corrected chi connectivity index (χ4v) is 4.60. The summed E-state index contributed by atoms with van der Waals surface area (Å²) in [5, 5.41) is 15.4. The van der Waals surface area contributed by atoms with Gasteiger partial charge in [0.2, 0.25) is 5.91 Å². The molecule has 0 spiro atoms. The number of aryl methyl sites for hydroxylation is 1. The number of anilines is 1. The molecule has 1 unspecified atom stereocenters. The molecule has 5 rings (SSSR count). The minimum absolute atomic E-state index is 0.0653. The highest BCUT2D eigenvalue weighted by Gasteiger charge is 2.20. The second kappa shape index (κ2) is 7.46. The molecule has 0 radical (unpaired) electrons. The van der Waals surface area contributed by atoms with E-state index >= 15 is 0 Å².